The number of carbonyl (C=O) groups is 5. The molecule has 3 saturated carbocycles. The van der Waals surface area contributed by atoms with Crippen molar-refractivity contribution in [2.75, 3.05) is 32.1 Å². The number of halogens is 1. The number of carbonyl (C=O) groups excluding carboxylic acids is 5. The van der Waals surface area contributed by atoms with Gasteiger partial charge in [0.05, 0.1) is 18.8 Å². The summed E-state index contributed by atoms with van der Waals surface area (Å²) in [7, 11) is 1.64. The summed E-state index contributed by atoms with van der Waals surface area (Å²) in [6, 6.07) is 45.6. The molecule has 0 saturated heterocycles. The maximum Gasteiger partial charge on any atom is 0.514 e. The summed E-state index contributed by atoms with van der Waals surface area (Å²) >= 11 is 0. The molecular formula is C84H106FN5O9. The molecule has 10 atom stereocenters. The minimum Gasteiger partial charge on any atom is -0.497 e. The van der Waals surface area contributed by atoms with Crippen molar-refractivity contribution < 1.29 is 47.3 Å². The summed E-state index contributed by atoms with van der Waals surface area (Å²) in [5.41, 5.74) is 7.25. The van der Waals surface area contributed by atoms with Gasteiger partial charge < -0.3 is 40.2 Å². The average Bonchev–Trinajstić information content (AvgIpc) is 1.70. The van der Waals surface area contributed by atoms with Gasteiger partial charge in [-0.3, -0.25) is 24.5 Å². The first-order chi connectivity index (χ1) is 47.8. The number of methoxy groups -OCH3 is 1. The number of benzene rings is 6. The smallest absolute Gasteiger partial charge is 0.497 e. The number of hydrogen-bond donors (Lipinski definition) is 5. The predicted molar refractivity (Wildman–Crippen MR) is 388 cm³/mol. The van der Waals surface area contributed by atoms with E-state index in [4.69, 9.17) is 18.9 Å². The molecule has 0 heterocycles. The highest BCUT2D eigenvalue weighted by molar-refractivity contribution is 5.98. The average molecular weight is 1350 g/mol. The lowest BCUT2D eigenvalue weighted by Gasteiger charge is -2.58. The van der Waals surface area contributed by atoms with E-state index in [1.165, 1.54) is 63.5 Å². The molecule has 14 nitrogen and oxygen atoms in total. The first kappa shape index (κ1) is 73.6. The maximum atomic E-state index is 14.7. The second-order valence-corrected chi connectivity index (χ2v) is 29.5. The Morgan fingerprint density at radius 2 is 1.29 bits per heavy atom. The van der Waals surface area contributed by atoms with Crippen LogP contribution in [-0.2, 0) is 47.2 Å². The van der Waals surface area contributed by atoms with Crippen molar-refractivity contribution >= 4 is 35.5 Å². The van der Waals surface area contributed by atoms with Crippen LogP contribution in [0.4, 0.5) is 14.9 Å². The number of rotatable bonds is 33. The molecule has 5 N–H and O–H groups in total. The van der Waals surface area contributed by atoms with Crippen LogP contribution in [0.1, 0.15) is 177 Å². The Kier molecular flexibility index (Phi) is 25.8. The van der Waals surface area contributed by atoms with Crippen LogP contribution in [0.2, 0.25) is 0 Å². The number of allylic oxidation sites excluding steroid dienone is 1. The first-order valence-electron chi connectivity index (χ1n) is 36.6. The van der Waals surface area contributed by atoms with Crippen LogP contribution in [0, 0.1) is 59.1 Å². The molecule has 0 aliphatic heterocycles. The van der Waals surface area contributed by atoms with E-state index in [0.29, 0.717) is 66.9 Å². The Hall–Kier alpha value is -8.14. The fourth-order valence-electron chi connectivity index (χ4n) is 17.1. The van der Waals surface area contributed by atoms with Crippen molar-refractivity contribution in [2.24, 2.45) is 46.3 Å². The maximum absolute atomic E-state index is 14.7. The molecule has 4 amide bonds. The molecule has 0 radical (unpaired) electrons. The molecule has 528 valence electrons. The van der Waals surface area contributed by atoms with E-state index >= 15 is 0 Å². The minimum atomic E-state index is -1.20. The Morgan fingerprint density at radius 3 is 1.98 bits per heavy atom. The van der Waals surface area contributed by atoms with Crippen LogP contribution in [0.25, 0.3) is 0 Å². The van der Waals surface area contributed by atoms with Gasteiger partial charge in [0.15, 0.2) is 0 Å². The largest absolute Gasteiger partial charge is 0.514 e. The molecule has 0 unspecified atom stereocenters. The van der Waals surface area contributed by atoms with Gasteiger partial charge in [0.1, 0.15) is 36.0 Å². The number of amides is 4. The van der Waals surface area contributed by atoms with Crippen LogP contribution in [0.3, 0.4) is 0 Å². The molecule has 4 aliphatic carbocycles. The first-order valence-corrected chi connectivity index (χ1v) is 36.6. The van der Waals surface area contributed by atoms with Gasteiger partial charge in [-0.05, 0) is 213 Å². The number of hydrogen-bond acceptors (Lipinski definition) is 10. The lowest BCUT2D eigenvalue weighted by molar-refractivity contribution is -0.131. The summed E-state index contributed by atoms with van der Waals surface area (Å²) in [5.74, 6) is 3.47. The Balaban J connectivity index is 0.740. The molecule has 6 aromatic carbocycles. The van der Waals surface area contributed by atoms with Crippen LogP contribution >= 0.6 is 0 Å². The summed E-state index contributed by atoms with van der Waals surface area (Å²) in [4.78, 5) is 69.0. The number of unbranched alkanes of at least 4 members (excludes halogenated alkanes) is 1. The zero-order chi connectivity index (χ0) is 69.9. The standard InChI is InChI=1S/C84H106FN5O9/c1-57(2)18-16-19-59(4)72-43-44-73-71-42-33-65-55-70(47-49-82(65,5)74(71)48-50-83(72,73)6)97-53-17-51-86-77(91)45-46-78(92)89-76(54-60-27-34-66(85)35-28-60)80(94)90-75(79(93)88-67-36-29-61(30-37-67)56-98-81(95)99-69-38-25-58(3)26-39-69)24-14-15-52-87-84(62-20-10-8-11-21-62,63-22-12-9-13-23-63)64-31-40-68(96-7)41-32-64/h8-13,20-23,25-41,57,59,70-76,87H,14-19,24,42-56H2,1-7H3,(H,86,91)(H,88,93)(H,89,92)(H,90,94)/t59-,70+,71+,72-,73+,74+,75+,76+,82+,83-/m1/s1. The Labute approximate surface area is 587 Å². The summed E-state index contributed by atoms with van der Waals surface area (Å²) in [6.45, 7) is 15.8. The van der Waals surface area contributed by atoms with E-state index in [1.54, 1.807) is 61.2 Å². The van der Waals surface area contributed by atoms with Gasteiger partial charge in [0, 0.05) is 38.1 Å². The van der Waals surface area contributed by atoms with Crippen molar-refractivity contribution in [3.05, 3.63) is 209 Å². The van der Waals surface area contributed by atoms with Gasteiger partial charge in [0.2, 0.25) is 23.6 Å². The van der Waals surface area contributed by atoms with E-state index < -0.39 is 47.3 Å². The van der Waals surface area contributed by atoms with Crippen LogP contribution in [0.15, 0.2) is 169 Å². The van der Waals surface area contributed by atoms with Crippen molar-refractivity contribution in [3.63, 3.8) is 0 Å². The normalized spacial score (nSPS) is 21.9. The SMILES string of the molecule is COc1ccc(C(NCCCC[C@H](NC(=O)[C@H](Cc2ccc(F)cc2)NC(=O)CCC(=O)NCCCO[C@H]2CC[C@@]3(C)C(=CC[C@H]4[C@@H]5CC[C@H]([C@H](C)CCCC(C)C)[C@@]5(C)CC[C@@H]43)C2)C(=O)Nc2ccc(COC(=O)Oc3ccc(C)cc3)cc2)(c2ccccc2)c2ccccc2)cc1. The topological polar surface area (TPSA) is 182 Å². The third-order valence-corrected chi connectivity index (χ3v) is 22.5. The lowest BCUT2D eigenvalue weighted by Crippen LogP contribution is -2.53. The zero-order valence-electron chi connectivity index (χ0n) is 59.4. The van der Waals surface area contributed by atoms with Gasteiger partial charge in [-0.2, -0.15) is 0 Å². The van der Waals surface area contributed by atoms with Crippen molar-refractivity contribution in [1.29, 1.82) is 0 Å². The van der Waals surface area contributed by atoms with Crippen LogP contribution in [-0.4, -0.2) is 74.8 Å². The molecule has 0 bridgehead atoms. The highest BCUT2D eigenvalue weighted by Crippen LogP contribution is 2.67. The molecule has 0 spiro atoms. The lowest BCUT2D eigenvalue weighted by atomic mass is 9.47. The van der Waals surface area contributed by atoms with E-state index in [9.17, 15) is 28.4 Å². The van der Waals surface area contributed by atoms with Crippen molar-refractivity contribution in [2.45, 2.75) is 187 Å². The third kappa shape index (κ3) is 19.0. The van der Waals surface area contributed by atoms with E-state index in [-0.39, 0.29) is 49.7 Å². The number of ether oxygens (including phenoxy) is 4. The molecule has 10 rings (SSSR count). The van der Waals surface area contributed by atoms with Crippen LogP contribution < -0.4 is 36.1 Å². The summed E-state index contributed by atoms with van der Waals surface area (Å²) in [5, 5.41) is 15.7. The highest BCUT2D eigenvalue weighted by Gasteiger charge is 2.59. The summed E-state index contributed by atoms with van der Waals surface area (Å²) in [6.07, 6.45) is 17.5. The molecule has 3 fully saturated rings. The third-order valence-electron chi connectivity index (χ3n) is 22.5. The fourth-order valence-corrected chi connectivity index (χ4v) is 17.1. The number of fused-ring (bicyclic) bond motifs is 5. The zero-order valence-corrected chi connectivity index (χ0v) is 59.4. The van der Waals surface area contributed by atoms with Gasteiger partial charge in [-0.25, -0.2) is 9.18 Å². The molecule has 0 aromatic heterocycles. The Bertz CT molecular complexity index is 3590. The quantitative estimate of drug-likeness (QED) is 0.00874. The second kappa shape index (κ2) is 34.8. The molecule has 6 aromatic rings. The van der Waals surface area contributed by atoms with Crippen molar-refractivity contribution in [1.82, 2.24) is 21.3 Å². The number of aryl methyl sites for hydroxylation is 1. The Morgan fingerprint density at radius 1 is 0.626 bits per heavy atom. The molecule has 4 aliphatic rings. The fraction of sp³-hybridized carbons (Fsp3) is 0.488. The summed E-state index contributed by atoms with van der Waals surface area (Å²) < 4.78 is 37.0. The molecular weight excluding hydrogens is 1240 g/mol. The van der Waals surface area contributed by atoms with Crippen LogP contribution in [0.5, 0.6) is 11.5 Å². The minimum absolute atomic E-state index is 0.0198. The second-order valence-electron chi connectivity index (χ2n) is 29.5. The van der Waals surface area contributed by atoms with E-state index in [2.05, 4.69) is 104 Å². The monoisotopic (exact) mass is 1350 g/mol. The molecule has 99 heavy (non-hydrogen) atoms. The van der Waals surface area contributed by atoms with Gasteiger partial charge in [0.25, 0.3) is 0 Å². The van der Waals surface area contributed by atoms with Gasteiger partial charge >= 0.3 is 6.16 Å². The highest BCUT2D eigenvalue weighted by atomic mass is 19.1. The molecule has 15 heteroatoms. The van der Waals surface area contributed by atoms with E-state index in [1.807, 2.05) is 67.6 Å². The van der Waals surface area contributed by atoms with Crippen molar-refractivity contribution in [3.8, 4) is 11.5 Å². The predicted octanol–water partition coefficient (Wildman–Crippen LogP) is 16.5. The van der Waals surface area contributed by atoms with Gasteiger partial charge in [-0.1, -0.05) is 180 Å². The number of anilines is 1. The van der Waals surface area contributed by atoms with Gasteiger partial charge in [-0.15, -0.1) is 0 Å². The van der Waals surface area contributed by atoms with E-state index in [0.717, 1.165) is 82.8 Å². The number of nitrogens with one attached hydrogen (secondary N) is 5.